The third-order valence-electron chi connectivity index (χ3n) is 2.95. The molecule has 2 N–H and O–H groups in total. The molecular formula is C15H10FN3O3S. The minimum atomic E-state index is -0.632. The first-order chi connectivity index (χ1) is 11.1. The lowest BCUT2D eigenvalue weighted by molar-refractivity contribution is 0.0846. The van der Waals surface area contributed by atoms with Gasteiger partial charge in [-0.1, -0.05) is 17.3 Å². The second-order valence-electron chi connectivity index (χ2n) is 4.47. The lowest BCUT2D eigenvalue weighted by Crippen LogP contribution is -2.41. The molecule has 2 heterocycles. The Hall–Kier alpha value is -3.00. The first-order valence-corrected chi connectivity index (χ1v) is 7.37. The molecule has 1 aromatic carbocycles. The molecule has 2 aromatic heterocycles. The molecule has 0 unspecified atom stereocenters. The van der Waals surface area contributed by atoms with Crippen LogP contribution in [0.15, 0.2) is 52.6 Å². The van der Waals surface area contributed by atoms with E-state index in [9.17, 15) is 14.0 Å². The van der Waals surface area contributed by atoms with Crippen molar-refractivity contribution in [1.29, 1.82) is 0 Å². The van der Waals surface area contributed by atoms with E-state index in [0.29, 0.717) is 5.69 Å². The van der Waals surface area contributed by atoms with E-state index in [-0.39, 0.29) is 11.1 Å². The van der Waals surface area contributed by atoms with Gasteiger partial charge in [-0.2, -0.15) is 0 Å². The topological polar surface area (TPSA) is 84.2 Å². The van der Waals surface area contributed by atoms with Gasteiger partial charge in [-0.05, 0) is 29.6 Å². The van der Waals surface area contributed by atoms with Crippen LogP contribution in [0.25, 0.3) is 10.6 Å². The number of hydrogen-bond acceptors (Lipinski definition) is 5. The zero-order valence-corrected chi connectivity index (χ0v) is 12.4. The highest BCUT2D eigenvalue weighted by Gasteiger charge is 2.18. The minimum absolute atomic E-state index is 0.0918. The maximum absolute atomic E-state index is 13.1. The van der Waals surface area contributed by atoms with E-state index in [1.807, 2.05) is 11.4 Å². The van der Waals surface area contributed by atoms with E-state index in [2.05, 4.69) is 16.0 Å². The fraction of sp³-hybridized carbons (Fsp3) is 0. The van der Waals surface area contributed by atoms with Crippen LogP contribution in [0.1, 0.15) is 20.7 Å². The van der Waals surface area contributed by atoms with Gasteiger partial charge in [0.25, 0.3) is 11.8 Å². The largest absolute Gasteiger partial charge is 0.363 e. The predicted molar refractivity (Wildman–Crippen MR) is 81.1 cm³/mol. The molecule has 0 aliphatic heterocycles. The van der Waals surface area contributed by atoms with Gasteiger partial charge in [0.15, 0.2) is 0 Å². The molecule has 0 spiro atoms. The molecule has 6 nitrogen and oxygen atoms in total. The Morgan fingerprint density at radius 2 is 1.96 bits per heavy atom. The Balaban J connectivity index is 1.69. The van der Waals surface area contributed by atoms with Gasteiger partial charge < -0.3 is 4.52 Å². The highest BCUT2D eigenvalue weighted by atomic mass is 32.1. The molecule has 0 saturated carbocycles. The number of amides is 2. The van der Waals surface area contributed by atoms with Crippen molar-refractivity contribution in [2.24, 2.45) is 0 Å². The molecule has 2 amide bonds. The normalized spacial score (nSPS) is 10.3. The SMILES string of the molecule is O=C(NNC(=O)c1conc1-c1cccs1)c1cccc(F)c1. The second-order valence-corrected chi connectivity index (χ2v) is 5.42. The van der Waals surface area contributed by atoms with Gasteiger partial charge in [-0.15, -0.1) is 11.3 Å². The zero-order chi connectivity index (χ0) is 16.2. The second kappa shape index (κ2) is 6.41. The van der Waals surface area contributed by atoms with E-state index >= 15 is 0 Å². The molecule has 0 radical (unpaired) electrons. The summed E-state index contributed by atoms with van der Waals surface area (Å²) in [5.41, 5.74) is 5.13. The molecule has 8 heteroatoms. The number of benzene rings is 1. The van der Waals surface area contributed by atoms with Crippen molar-refractivity contribution in [2.45, 2.75) is 0 Å². The zero-order valence-electron chi connectivity index (χ0n) is 11.6. The molecule has 116 valence electrons. The van der Waals surface area contributed by atoms with E-state index in [1.54, 1.807) is 6.07 Å². The molecule has 0 bridgehead atoms. The van der Waals surface area contributed by atoms with Gasteiger partial charge in [0, 0.05) is 5.56 Å². The molecule has 0 saturated heterocycles. The van der Waals surface area contributed by atoms with Gasteiger partial charge in [-0.25, -0.2) is 4.39 Å². The fourth-order valence-corrected chi connectivity index (χ4v) is 2.59. The Bertz CT molecular complexity index is 845. The number of thiophene rings is 1. The fourth-order valence-electron chi connectivity index (χ4n) is 1.87. The van der Waals surface area contributed by atoms with E-state index in [1.165, 1.54) is 35.8 Å². The summed E-state index contributed by atoms with van der Waals surface area (Å²) in [5, 5.41) is 5.63. The third kappa shape index (κ3) is 3.27. The Morgan fingerprint density at radius 3 is 2.70 bits per heavy atom. The van der Waals surface area contributed by atoms with Gasteiger partial charge in [-0.3, -0.25) is 20.4 Å². The molecule has 0 aliphatic carbocycles. The van der Waals surface area contributed by atoms with Gasteiger partial charge in [0.1, 0.15) is 23.3 Å². The average Bonchev–Trinajstić information content (AvgIpc) is 3.22. The summed E-state index contributed by atoms with van der Waals surface area (Å²) >= 11 is 1.40. The van der Waals surface area contributed by atoms with Crippen LogP contribution in [0.2, 0.25) is 0 Å². The summed E-state index contributed by atoms with van der Waals surface area (Å²) in [5.74, 6) is -1.76. The first-order valence-electron chi connectivity index (χ1n) is 6.49. The molecule has 0 aliphatic rings. The molecule has 3 rings (SSSR count). The van der Waals surface area contributed by atoms with Gasteiger partial charge in [0.2, 0.25) is 0 Å². The maximum Gasteiger partial charge on any atom is 0.275 e. The van der Waals surface area contributed by atoms with Crippen LogP contribution < -0.4 is 10.9 Å². The third-order valence-corrected chi connectivity index (χ3v) is 3.82. The molecular weight excluding hydrogens is 321 g/mol. The molecule has 0 atom stereocenters. The Morgan fingerprint density at radius 1 is 1.13 bits per heavy atom. The van der Waals surface area contributed by atoms with Crippen molar-refractivity contribution < 1.29 is 18.5 Å². The van der Waals surface area contributed by atoms with Crippen LogP contribution in [0.3, 0.4) is 0 Å². The number of rotatable bonds is 3. The van der Waals surface area contributed by atoms with E-state index in [4.69, 9.17) is 4.52 Å². The van der Waals surface area contributed by atoms with Crippen molar-refractivity contribution >= 4 is 23.2 Å². The van der Waals surface area contributed by atoms with Crippen LogP contribution >= 0.6 is 11.3 Å². The highest BCUT2D eigenvalue weighted by Crippen LogP contribution is 2.26. The van der Waals surface area contributed by atoms with E-state index in [0.717, 1.165) is 10.9 Å². The summed E-state index contributed by atoms with van der Waals surface area (Å²) < 4.78 is 17.9. The number of nitrogens with one attached hydrogen (secondary N) is 2. The van der Waals surface area contributed by atoms with Crippen molar-refractivity contribution in [3.63, 3.8) is 0 Å². The quantitative estimate of drug-likeness (QED) is 0.723. The van der Waals surface area contributed by atoms with Crippen LogP contribution in [0.5, 0.6) is 0 Å². The number of hydrazine groups is 1. The van der Waals surface area contributed by atoms with Crippen LogP contribution in [-0.2, 0) is 0 Å². The number of hydrogen-bond donors (Lipinski definition) is 2. The smallest absolute Gasteiger partial charge is 0.275 e. The monoisotopic (exact) mass is 331 g/mol. The summed E-state index contributed by atoms with van der Waals surface area (Å²) in [7, 11) is 0. The molecule has 0 fully saturated rings. The lowest BCUT2D eigenvalue weighted by atomic mass is 10.2. The van der Waals surface area contributed by atoms with Crippen LogP contribution in [0.4, 0.5) is 4.39 Å². The minimum Gasteiger partial charge on any atom is -0.363 e. The first kappa shape index (κ1) is 14.9. The van der Waals surface area contributed by atoms with E-state index < -0.39 is 17.6 Å². The molecule has 23 heavy (non-hydrogen) atoms. The van der Waals surface area contributed by atoms with Crippen LogP contribution in [0, 0.1) is 5.82 Å². The predicted octanol–water partition coefficient (Wildman–Crippen LogP) is 2.62. The van der Waals surface area contributed by atoms with Gasteiger partial charge >= 0.3 is 0 Å². The summed E-state index contributed by atoms with van der Waals surface area (Å²) in [6.07, 6.45) is 1.19. The number of aromatic nitrogens is 1. The summed E-state index contributed by atoms with van der Waals surface area (Å²) in [6, 6.07) is 8.74. The Kier molecular flexibility index (Phi) is 4.15. The Labute approximate surface area is 133 Å². The number of halogens is 1. The summed E-state index contributed by atoms with van der Waals surface area (Å²) in [6.45, 7) is 0. The van der Waals surface area contributed by atoms with Gasteiger partial charge in [0.05, 0.1) is 4.88 Å². The number of nitrogens with zero attached hydrogens (tertiary/aromatic N) is 1. The maximum atomic E-state index is 13.1. The van der Waals surface area contributed by atoms with Crippen molar-refractivity contribution in [2.75, 3.05) is 0 Å². The molecule has 3 aromatic rings. The van der Waals surface area contributed by atoms with Crippen molar-refractivity contribution in [3.05, 3.63) is 65.0 Å². The lowest BCUT2D eigenvalue weighted by Gasteiger charge is -2.06. The standard InChI is InChI=1S/C15H10FN3O3S/c16-10-4-1-3-9(7-10)14(20)17-18-15(21)11-8-22-19-13(11)12-5-2-6-23-12/h1-8H,(H,17,20)(H,18,21). The van der Waals surface area contributed by atoms with Crippen LogP contribution in [-0.4, -0.2) is 17.0 Å². The van der Waals surface area contributed by atoms with Crippen molar-refractivity contribution in [3.8, 4) is 10.6 Å². The van der Waals surface area contributed by atoms with Crippen molar-refractivity contribution in [1.82, 2.24) is 16.0 Å². The number of carbonyl (C=O) groups excluding carboxylic acids is 2. The number of carbonyl (C=O) groups is 2. The highest BCUT2D eigenvalue weighted by molar-refractivity contribution is 7.13. The average molecular weight is 331 g/mol. The summed E-state index contributed by atoms with van der Waals surface area (Å²) in [4.78, 5) is 24.7.